The average Bonchev–Trinajstić information content (AvgIpc) is 2.69. The first kappa shape index (κ1) is 17.7. The molecule has 1 aliphatic heterocycles. The van der Waals surface area contributed by atoms with Crippen LogP contribution in [0.1, 0.15) is 37.7 Å². The van der Waals surface area contributed by atoms with Gasteiger partial charge in [-0.3, -0.25) is 0 Å². The lowest BCUT2D eigenvalue weighted by molar-refractivity contribution is -0.100. The second kappa shape index (κ2) is 6.80. The molecular weight excluding hydrogens is 346 g/mol. The molecule has 26 heavy (non-hydrogen) atoms. The Kier molecular flexibility index (Phi) is 4.63. The molecule has 0 spiro atoms. The molecule has 1 saturated carbocycles. The van der Waals surface area contributed by atoms with Gasteiger partial charge in [-0.05, 0) is 37.0 Å². The topological polar surface area (TPSA) is 57.6 Å². The summed E-state index contributed by atoms with van der Waals surface area (Å²) < 4.78 is 28.1. The summed E-state index contributed by atoms with van der Waals surface area (Å²) in [7, 11) is -3.54. The molecule has 0 radical (unpaired) electrons. The Bertz CT molecular complexity index is 853. The first-order valence-electron chi connectivity index (χ1n) is 9.38. The van der Waals surface area contributed by atoms with Crippen molar-refractivity contribution in [3.8, 4) is 0 Å². The number of hydrogen-bond acceptors (Lipinski definition) is 3. The molecule has 4 rings (SSSR count). The molecule has 1 aliphatic carbocycles. The maximum atomic E-state index is 13.2. The molecule has 1 heterocycles. The van der Waals surface area contributed by atoms with E-state index in [0.717, 1.165) is 31.2 Å². The molecule has 2 fully saturated rings. The molecule has 4 nitrogen and oxygen atoms in total. The van der Waals surface area contributed by atoms with Crippen LogP contribution >= 0.6 is 0 Å². The zero-order valence-corrected chi connectivity index (χ0v) is 15.6. The van der Waals surface area contributed by atoms with Crippen LogP contribution in [0.3, 0.4) is 0 Å². The Morgan fingerprint density at radius 1 is 0.923 bits per heavy atom. The molecule has 0 bridgehead atoms. The third-order valence-corrected chi connectivity index (χ3v) is 7.99. The zero-order valence-electron chi connectivity index (χ0n) is 14.8. The normalized spacial score (nSPS) is 29.9. The van der Waals surface area contributed by atoms with E-state index in [-0.39, 0.29) is 12.0 Å². The summed E-state index contributed by atoms with van der Waals surface area (Å²) in [5, 5.41) is 11.6. The van der Waals surface area contributed by atoms with Gasteiger partial charge in [0.15, 0.2) is 0 Å². The fourth-order valence-electron chi connectivity index (χ4n) is 4.76. The van der Waals surface area contributed by atoms with Gasteiger partial charge in [-0.25, -0.2) is 8.42 Å². The number of piperidine rings is 1. The first-order valence-corrected chi connectivity index (χ1v) is 10.8. The van der Waals surface area contributed by atoms with Gasteiger partial charge in [0, 0.05) is 18.5 Å². The zero-order chi connectivity index (χ0) is 18.2. The molecule has 138 valence electrons. The van der Waals surface area contributed by atoms with Crippen molar-refractivity contribution < 1.29 is 13.5 Å². The van der Waals surface area contributed by atoms with E-state index < -0.39 is 15.6 Å². The van der Waals surface area contributed by atoms with Crippen LogP contribution in [0.5, 0.6) is 0 Å². The number of sulfonamides is 1. The van der Waals surface area contributed by atoms with E-state index >= 15 is 0 Å². The van der Waals surface area contributed by atoms with Crippen LogP contribution in [0.25, 0.3) is 0 Å². The number of hydrogen-bond donors (Lipinski definition) is 1. The lowest BCUT2D eigenvalue weighted by Crippen LogP contribution is -2.58. The molecule has 1 saturated heterocycles. The second-order valence-corrected chi connectivity index (χ2v) is 9.32. The predicted octanol–water partition coefficient (Wildman–Crippen LogP) is 3.53. The van der Waals surface area contributed by atoms with Gasteiger partial charge < -0.3 is 5.11 Å². The molecule has 2 aliphatic rings. The number of benzene rings is 2. The predicted molar refractivity (Wildman–Crippen MR) is 101 cm³/mol. The highest BCUT2D eigenvalue weighted by molar-refractivity contribution is 7.89. The second-order valence-electron chi connectivity index (χ2n) is 7.43. The van der Waals surface area contributed by atoms with E-state index in [0.29, 0.717) is 17.9 Å². The number of fused-ring (bicyclic) bond motifs is 1. The van der Waals surface area contributed by atoms with Crippen molar-refractivity contribution in [2.45, 2.75) is 48.6 Å². The Balaban J connectivity index is 1.72. The van der Waals surface area contributed by atoms with Crippen LogP contribution in [0, 0.1) is 5.92 Å². The summed E-state index contributed by atoms with van der Waals surface area (Å²) in [6.45, 7) is 0.351. The summed E-state index contributed by atoms with van der Waals surface area (Å²) in [6, 6.07) is 18.3. The van der Waals surface area contributed by atoms with Gasteiger partial charge in [0.25, 0.3) is 0 Å². The number of nitrogens with zero attached hydrogens (tertiary/aromatic N) is 1. The Labute approximate surface area is 155 Å². The summed E-state index contributed by atoms with van der Waals surface area (Å²) in [4.78, 5) is 0.342. The van der Waals surface area contributed by atoms with Crippen molar-refractivity contribution >= 4 is 10.0 Å². The smallest absolute Gasteiger partial charge is 0.243 e. The Morgan fingerprint density at radius 2 is 1.54 bits per heavy atom. The minimum absolute atomic E-state index is 0.0640. The van der Waals surface area contributed by atoms with Gasteiger partial charge in [0.1, 0.15) is 0 Å². The summed E-state index contributed by atoms with van der Waals surface area (Å²) in [5.74, 6) is -0.0640. The number of aliphatic hydroxyl groups is 1. The van der Waals surface area contributed by atoms with Crippen molar-refractivity contribution in [3.63, 3.8) is 0 Å². The molecular formula is C21H25NO3S. The van der Waals surface area contributed by atoms with Gasteiger partial charge >= 0.3 is 0 Å². The number of rotatable bonds is 3. The van der Waals surface area contributed by atoms with E-state index in [2.05, 4.69) is 0 Å². The van der Waals surface area contributed by atoms with Crippen LogP contribution in [-0.2, 0) is 15.6 Å². The van der Waals surface area contributed by atoms with Crippen LogP contribution in [0.4, 0.5) is 0 Å². The van der Waals surface area contributed by atoms with Crippen LogP contribution in [0.15, 0.2) is 65.6 Å². The molecule has 5 heteroatoms. The summed E-state index contributed by atoms with van der Waals surface area (Å²) in [6.07, 6.45) is 4.15. The highest BCUT2D eigenvalue weighted by Crippen LogP contribution is 2.48. The summed E-state index contributed by atoms with van der Waals surface area (Å²) >= 11 is 0. The monoisotopic (exact) mass is 371 g/mol. The van der Waals surface area contributed by atoms with Crippen molar-refractivity contribution in [2.75, 3.05) is 6.54 Å². The van der Waals surface area contributed by atoms with Crippen molar-refractivity contribution in [1.29, 1.82) is 0 Å². The van der Waals surface area contributed by atoms with Crippen molar-refractivity contribution in [3.05, 3.63) is 66.2 Å². The molecule has 2 aromatic carbocycles. The molecule has 1 N–H and O–H groups in total. The minimum atomic E-state index is -3.54. The van der Waals surface area contributed by atoms with Gasteiger partial charge in [0.2, 0.25) is 10.0 Å². The Morgan fingerprint density at radius 3 is 2.23 bits per heavy atom. The van der Waals surface area contributed by atoms with Crippen LogP contribution in [-0.4, -0.2) is 30.4 Å². The van der Waals surface area contributed by atoms with Gasteiger partial charge in [-0.1, -0.05) is 61.4 Å². The minimum Gasteiger partial charge on any atom is -0.385 e. The lowest BCUT2D eigenvalue weighted by atomic mass is 9.67. The van der Waals surface area contributed by atoms with E-state index in [1.807, 2.05) is 36.4 Å². The summed E-state index contributed by atoms with van der Waals surface area (Å²) in [5.41, 5.74) is -0.0386. The van der Waals surface area contributed by atoms with Gasteiger partial charge in [-0.15, -0.1) is 0 Å². The fraction of sp³-hybridized carbons (Fsp3) is 0.429. The van der Waals surface area contributed by atoms with E-state index in [4.69, 9.17) is 0 Å². The lowest BCUT2D eigenvalue weighted by Gasteiger charge is -2.51. The highest BCUT2D eigenvalue weighted by Gasteiger charge is 2.52. The van der Waals surface area contributed by atoms with E-state index in [9.17, 15) is 13.5 Å². The third-order valence-electron chi connectivity index (χ3n) is 6.05. The van der Waals surface area contributed by atoms with E-state index in [1.165, 1.54) is 0 Å². The van der Waals surface area contributed by atoms with Crippen LogP contribution in [0.2, 0.25) is 0 Å². The third kappa shape index (κ3) is 2.88. The molecule has 3 atom stereocenters. The maximum absolute atomic E-state index is 13.2. The molecule has 2 aromatic rings. The Hall–Kier alpha value is -1.69. The fourth-order valence-corrected chi connectivity index (χ4v) is 6.47. The molecule has 0 aromatic heterocycles. The average molecular weight is 372 g/mol. The molecule has 0 unspecified atom stereocenters. The van der Waals surface area contributed by atoms with Gasteiger partial charge in [-0.2, -0.15) is 4.31 Å². The molecule has 0 amide bonds. The van der Waals surface area contributed by atoms with E-state index in [1.54, 1.807) is 28.6 Å². The van der Waals surface area contributed by atoms with Crippen molar-refractivity contribution in [2.24, 2.45) is 5.92 Å². The largest absolute Gasteiger partial charge is 0.385 e. The van der Waals surface area contributed by atoms with Crippen LogP contribution < -0.4 is 0 Å². The SMILES string of the molecule is O=S(=O)(c1ccccc1)N1CC[C@@](O)(c2ccccc2)[C@H]2CCCC[C@@H]21. The van der Waals surface area contributed by atoms with Gasteiger partial charge in [0.05, 0.1) is 10.5 Å². The standard InChI is InChI=1S/C21H25NO3S/c23-21(17-9-3-1-4-10-17)15-16-22(20-14-8-7-13-19(20)21)26(24,25)18-11-5-2-6-12-18/h1-6,9-12,19-20,23H,7-8,13-16H2/t19-,20-,21+/m0/s1. The first-order chi connectivity index (χ1) is 12.5. The quantitative estimate of drug-likeness (QED) is 0.898. The highest BCUT2D eigenvalue weighted by atomic mass is 32.2. The maximum Gasteiger partial charge on any atom is 0.243 e. The van der Waals surface area contributed by atoms with Crippen molar-refractivity contribution in [1.82, 2.24) is 4.31 Å².